The zero-order valence-corrected chi connectivity index (χ0v) is 45.3. The number of pyridine rings is 1. The molecule has 0 atom stereocenters. The van der Waals surface area contributed by atoms with Crippen molar-refractivity contribution in [3.8, 4) is 11.5 Å². The Kier molecular flexibility index (Phi) is 13.2. The molecule has 7 aromatic rings. The zero-order valence-electron chi connectivity index (χ0n) is 45.3. The molecule has 6 heteroatoms. The molecule has 0 radical (unpaired) electrons. The predicted molar refractivity (Wildman–Crippen MR) is 310 cm³/mol. The number of nitrogens with zero attached hydrogens (tertiary/aromatic N) is 1. The van der Waals surface area contributed by atoms with Crippen molar-refractivity contribution in [3.05, 3.63) is 162 Å². The Labute approximate surface area is 452 Å². The summed E-state index contributed by atoms with van der Waals surface area (Å²) in [6.45, 7) is 3.61. The molecule has 12 aliphatic carbocycles. The quantitative estimate of drug-likeness (QED) is 0.107. The monoisotopic (exact) mass is 1010 g/mol. The molecule has 19 rings (SSSR count). The minimum atomic E-state index is 0.431. The highest BCUT2D eigenvalue weighted by atomic mass is 16.5. The van der Waals surface area contributed by atoms with Crippen LogP contribution in [-0.2, 0) is 26.2 Å². The van der Waals surface area contributed by atoms with Crippen LogP contribution < -0.4 is 25.4 Å². The van der Waals surface area contributed by atoms with E-state index in [0.29, 0.717) is 23.2 Å². The largest absolute Gasteiger partial charge is 0.497 e. The number of nitrogens with one attached hydrogen (secondary N) is 3. The summed E-state index contributed by atoms with van der Waals surface area (Å²) in [4.78, 5) is 4.42. The van der Waals surface area contributed by atoms with Crippen LogP contribution in [0.1, 0.15) is 138 Å². The fourth-order valence-electron chi connectivity index (χ4n) is 18.8. The lowest BCUT2D eigenvalue weighted by Gasteiger charge is -2.57. The van der Waals surface area contributed by atoms with E-state index in [2.05, 4.69) is 148 Å². The summed E-state index contributed by atoms with van der Waals surface area (Å²) in [5.41, 5.74) is 7.81. The molecule has 394 valence electrons. The summed E-state index contributed by atoms with van der Waals surface area (Å²) < 4.78 is 11.4. The van der Waals surface area contributed by atoms with Crippen molar-refractivity contribution in [3.63, 3.8) is 0 Å². The van der Waals surface area contributed by atoms with Crippen molar-refractivity contribution in [2.24, 2.45) is 53.3 Å². The Morgan fingerprint density at radius 1 is 0.382 bits per heavy atom. The van der Waals surface area contributed by atoms with Gasteiger partial charge in [0.15, 0.2) is 0 Å². The van der Waals surface area contributed by atoms with Crippen molar-refractivity contribution >= 4 is 32.4 Å². The maximum atomic E-state index is 6.05. The smallest absolute Gasteiger partial charge is 0.119 e. The molecule has 1 aromatic heterocycles. The fraction of sp³-hybridized carbons (Fsp3) is 0.500. The van der Waals surface area contributed by atoms with Crippen LogP contribution >= 0.6 is 0 Å². The van der Waals surface area contributed by atoms with Crippen molar-refractivity contribution in [1.29, 1.82) is 0 Å². The van der Waals surface area contributed by atoms with E-state index in [4.69, 9.17) is 9.47 Å². The molecule has 0 amide bonds. The molecule has 12 saturated carbocycles. The molecule has 12 aliphatic rings. The second kappa shape index (κ2) is 20.5. The van der Waals surface area contributed by atoms with Gasteiger partial charge in [0.25, 0.3) is 0 Å². The molecular formula is C70H82N4O2. The van der Waals surface area contributed by atoms with Gasteiger partial charge in [0.05, 0.1) is 12.6 Å². The molecule has 0 spiro atoms. The van der Waals surface area contributed by atoms with Crippen LogP contribution in [0.15, 0.2) is 140 Å². The highest BCUT2D eigenvalue weighted by Crippen LogP contribution is 2.58. The first-order valence-electron chi connectivity index (χ1n) is 30.1. The topological polar surface area (TPSA) is 67.4 Å². The molecule has 76 heavy (non-hydrogen) atoms. The molecule has 0 aliphatic heterocycles. The summed E-state index contributed by atoms with van der Waals surface area (Å²) in [5.74, 6) is 10.9. The lowest BCUT2D eigenvalue weighted by Crippen LogP contribution is -2.58. The van der Waals surface area contributed by atoms with E-state index in [-0.39, 0.29) is 0 Å². The van der Waals surface area contributed by atoms with Gasteiger partial charge in [-0.2, -0.15) is 0 Å². The standard InChI is InChI=1S/C28H31NO.C22H27NO.C20H24N2/c1-2-4-26-14-21(5-8-25(26)3-1)19-30-27-9-6-20(7-10-27)18-29-28-15-22-11-23(16-28)13-24(12-22)17-28;1-24-21-5-4-19-9-15(2-3-20(19)10-21)14-23-22-11-16-6-17(12-22)8-18(7-16)13-22;1-2-18-9-14(3-4-19(18)21-5-1)13-22-20-10-15-6-16(11-20)8-17(7-15)12-20/h1-10,14,22-24,29H,11-13,15-19H2;2-5,9-10,16-18,23H,6-8,11-14H2,1H3;1-5,9,15-17,22H,6-8,10-13H2. The number of aromatic nitrogens is 1. The van der Waals surface area contributed by atoms with E-state index in [1.165, 1.54) is 165 Å². The summed E-state index contributed by atoms with van der Waals surface area (Å²) in [5, 5.41) is 18.4. The molecule has 3 N–H and O–H groups in total. The van der Waals surface area contributed by atoms with E-state index < -0.39 is 0 Å². The van der Waals surface area contributed by atoms with Crippen LogP contribution in [0.2, 0.25) is 0 Å². The van der Waals surface area contributed by atoms with Gasteiger partial charge in [-0.05, 0) is 267 Å². The van der Waals surface area contributed by atoms with Gasteiger partial charge in [-0.3, -0.25) is 4.98 Å². The van der Waals surface area contributed by atoms with E-state index in [0.717, 1.165) is 89.9 Å². The Morgan fingerprint density at radius 2 is 0.763 bits per heavy atom. The van der Waals surface area contributed by atoms with Crippen LogP contribution in [0.3, 0.4) is 0 Å². The summed E-state index contributed by atoms with van der Waals surface area (Å²) >= 11 is 0. The van der Waals surface area contributed by atoms with Gasteiger partial charge < -0.3 is 25.4 Å². The Bertz CT molecular complexity index is 3070. The molecule has 12 fully saturated rings. The summed E-state index contributed by atoms with van der Waals surface area (Å²) in [6, 6.07) is 47.8. The van der Waals surface area contributed by atoms with Gasteiger partial charge >= 0.3 is 0 Å². The van der Waals surface area contributed by atoms with Crippen LogP contribution in [0.5, 0.6) is 11.5 Å². The van der Waals surface area contributed by atoms with Crippen LogP contribution in [0.25, 0.3) is 32.4 Å². The van der Waals surface area contributed by atoms with Gasteiger partial charge in [-0.1, -0.05) is 78.9 Å². The van der Waals surface area contributed by atoms with E-state index in [1.807, 2.05) is 12.3 Å². The fourth-order valence-corrected chi connectivity index (χ4v) is 18.8. The lowest BCUT2D eigenvalue weighted by molar-refractivity contribution is -0.0207. The SMILES string of the molecule is COc1ccc2cc(CNC34CC5CC(CC(C5)C3)C4)ccc2c1.c1ccc2cc(COc3ccc(CNC45CC6CC(CC(C6)C4)C5)cc3)ccc2c1.c1cnc2ccc(CNC34CC5CC(CC(C5)C3)C4)cc2c1. The average Bonchev–Trinajstić information content (AvgIpc) is 3.45. The number of ether oxygens (including phenoxy) is 2. The minimum Gasteiger partial charge on any atom is -0.497 e. The van der Waals surface area contributed by atoms with Crippen molar-refractivity contribution in [1.82, 2.24) is 20.9 Å². The first-order valence-corrected chi connectivity index (χ1v) is 30.1. The van der Waals surface area contributed by atoms with E-state index >= 15 is 0 Å². The molecule has 6 aromatic carbocycles. The molecule has 0 unspecified atom stereocenters. The van der Waals surface area contributed by atoms with Gasteiger partial charge in [0, 0.05) is 47.8 Å². The normalized spacial score (nSPS) is 32.8. The molecule has 6 nitrogen and oxygen atoms in total. The maximum absolute atomic E-state index is 6.05. The molecule has 1 heterocycles. The highest BCUT2D eigenvalue weighted by molar-refractivity contribution is 5.85. The minimum absolute atomic E-state index is 0.431. The average molecular weight is 1010 g/mol. The van der Waals surface area contributed by atoms with Crippen molar-refractivity contribution in [2.45, 2.75) is 158 Å². The Balaban J connectivity index is 0.000000106. The first-order chi connectivity index (χ1) is 37.2. The van der Waals surface area contributed by atoms with Crippen LogP contribution in [0.4, 0.5) is 0 Å². The number of fused-ring (bicyclic) bond motifs is 3. The second-order valence-electron chi connectivity index (χ2n) is 26.8. The number of benzene rings is 6. The molecule has 0 saturated heterocycles. The number of rotatable bonds is 13. The Morgan fingerprint density at radius 3 is 1.30 bits per heavy atom. The number of hydrogen-bond acceptors (Lipinski definition) is 6. The zero-order chi connectivity index (χ0) is 50.7. The van der Waals surface area contributed by atoms with Crippen LogP contribution in [0, 0.1) is 53.3 Å². The lowest BCUT2D eigenvalue weighted by atomic mass is 9.53. The summed E-state index contributed by atoms with van der Waals surface area (Å²) in [6.07, 6.45) is 28.2. The van der Waals surface area contributed by atoms with Crippen molar-refractivity contribution in [2.75, 3.05) is 7.11 Å². The van der Waals surface area contributed by atoms with E-state index in [9.17, 15) is 0 Å². The summed E-state index contributed by atoms with van der Waals surface area (Å²) in [7, 11) is 1.73. The van der Waals surface area contributed by atoms with Crippen molar-refractivity contribution < 1.29 is 9.47 Å². The first kappa shape index (κ1) is 49.1. The third-order valence-corrected chi connectivity index (χ3v) is 21.0. The Hall–Kier alpha value is -5.27. The number of methoxy groups -OCH3 is 1. The van der Waals surface area contributed by atoms with Gasteiger partial charge in [0.1, 0.15) is 18.1 Å². The van der Waals surface area contributed by atoms with Crippen LogP contribution in [-0.4, -0.2) is 28.7 Å². The third kappa shape index (κ3) is 10.6. The highest BCUT2D eigenvalue weighted by Gasteiger charge is 2.53. The maximum Gasteiger partial charge on any atom is 0.119 e. The van der Waals surface area contributed by atoms with E-state index in [1.54, 1.807) is 7.11 Å². The predicted octanol–water partition coefficient (Wildman–Crippen LogP) is 15.7. The molecular weight excluding hydrogens is 929 g/mol. The second-order valence-corrected chi connectivity index (χ2v) is 26.8. The molecule has 12 bridgehead atoms. The van der Waals surface area contributed by atoms with Gasteiger partial charge in [-0.25, -0.2) is 0 Å². The number of hydrogen-bond donors (Lipinski definition) is 3. The van der Waals surface area contributed by atoms with Gasteiger partial charge in [0.2, 0.25) is 0 Å². The van der Waals surface area contributed by atoms with Gasteiger partial charge in [-0.15, -0.1) is 0 Å². The third-order valence-electron chi connectivity index (χ3n) is 21.0.